The van der Waals surface area contributed by atoms with E-state index in [2.05, 4.69) is 4.98 Å². The average Bonchev–Trinajstić information content (AvgIpc) is 3.36. The molecule has 0 radical (unpaired) electrons. The maximum atomic E-state index is 12.2. The molecule has 0 saturated heterocycles. The maximum absolute atomic E-state index is 12.2. The van der Waals surface area contributed by atoms with Crippen LogP contribution in [0.4, 0.5) is 15.8 Å². The van der Waals surface area contributed by atoms with E-state index in [0.717, 1.165) is 11.3 Å². The minimum atomic E-state index is -0.675. The smallest absolute Gasteiger partial charge is 0.348 e. The minimum Gasteiger partial charge on any atom is -0.495 e. The fraction of sp³-hybridized carbons (Fsp3) is 0.167. The Balaban J connectivity index is 1.74. The van der Waals surface area contributed by atoms with Crippen molar-refractivity contribution in [3.05, 3.63) is 62.5 Å². The number of carbonyl (C=O) groups is 2. The molecule has 0 atom stereocenters. The highest BCUT2D eigenvalue weighted by atomic mass is 32.1. The molecule has 29 heavy (non-hydrogen) atoms. The maximum Gasteiger partial charge on any atom is 0.348 e. The summed E-state index contributed by atoms with van der Waals surface area (Å²) in [6, 6.07) is 9.65. The number of ether oxygens (including phenoxy) is 2. The van der Waals surface area contributed by atoms with E-state index in [1.807, 2.05) is 0 Å². The molecule has 0 aliphatic carbocycles. The Hall–Kier alpha value is -3.31. The summed E-state index contributed by atoms with van der Waals surface area (Å²) in [7, 11) is 1.51. The van der Waals surface area contributed by atoms with Crippen molar-refractivity contribution in [1.82, 2.24) is 4.98 Å². The van der Waals surface area contributed by atoms with Crippen LogP contribution in [0.25, 0.3) is 0 Å². The van der Waals surface area contributed by atoms with Gasteiger partial charge in [-0.2, -0.15) is 0 Å². The quantitative estimate of drug-likeness (QED) is 0.312. The van der Waals surface area contributed by atoms with E-state index in [0.29, 0.717) is 22.3 Å². The second-order valence-electron chi connectivity index (χ2n) is 5.62. The van der Waals surface area contributed by atoms with Gasteiger partial charge in [0, 0.05) is 18.4 Å². The van der Waals surface area contributed by atoms with Gasteiger partial charge >= 0.3 is 11.0 Å². The predicted octanol–water partition coefficient (Wildman–Crippen LogP) is 4.16. The first kappa shape index (κ1) is 20.4. The Labute approximate surface area is 173 Å². The van der Waals surface area contributed by atoms with Crippen molar-refractivity contribution in [3.8, 4) is 5.75 Å². The second-order valence-corrected chi connectivity index (χ2v) is 7.52. The molecule has 0 spiro atoms. The summed E-state index contributed by atoms with van der Waals surface area (Å²) in [4.78, 5) is 40.4. The zero-order valence-electron chi connectivity index (χ0n) is 15.4. The monoisotopic (exact) mass is 433 g/mol. The number of amides is 1. The number of aromatic nitrogens is 1. The number of thiophene rings is 1. The summed E-state index contributed by atoms with van der Waals surface area (Å²) in [5.74, 6) is -0.408. The molecule has 0 unspecified atom stereocenters. The number of nitro groups is 1. The molecule has 1 amide bonds. The first-order valence-corrected chi connectivity index (χ1v) is 9.89. The Morgan fingerprint density at radius 3 is 2.66 bits per heavy atom. The number of esters is 1. The molecule has 3 aromatic rings. The third-order valence-electron chi connectivity index (χ3n) is 3.70. The molecular weight excluding hydrogens is 418 g/mol. The van der Waals surface area contributed by atoms with E-state index >= 15 is 0 Å². The van der Waals surface area contributed by atoms with Crippen LogP contribution in [0.1, 0.15) is 22.3 Å². The number of carbonyl (C=O) groups excluding carboxylic acids is 2. The largest absolute Gasteiger partial charge is 0.495 e. The summed E-state index contributed by atoms with van der Waals surface area (Å²) in [5.41, 5.74) is 0.997. The van der Waals surface area contributed by atoms with Gasteiger partial charge in [0.1, 0.15) is 17.2 Å². The van der Waals surface area contributed by atoms with Crippen LogP contribution in [0.2, 0.25) is 0 Å². The van der Waals surface area contributed by atoms with Gasteiger partial charge in [-0.1, -0.05) is 23.5 Å². The molecule has 0 fully saturated rings. The number of thiazole rings is 1. The third-order valence-corrected chi connectivity index (χ3v) is 5.59. The number of rotatable bonds is 7. The summed E-state index contributed by atoms with van der Waals surface area (Å²) in [6.45, 7) is 1.29. The summed E-state index contributed by atoms with van der Waals surface area (Å²) < 4.78 is 10.5. The molecule has 150 valence electrons. The number of nitrogens with zero attached hydrogens (tertiary/aromatic N) is 3. The number of anilines is 2. The minimum absolute atomic E-state index is 0.126. The summed E-state index contributed by atoms with van der Waals surface area (Å²) in [6.07, 6.45) is 0. The molecular formula is C18H15N3O6S2. The highest BCUT2D eigenvalue weighted by Crippen LogP contribution is 2.35. The van der Waals surface area contributed by atoms with E-state index < -0.39 is 10.9 Å². The van der Waals surface area contributed by atoms with Gasteiger partial charge < -0.3 is 9.47 Å². The Morgan fingerprint density at radius 2 is 2.00 bits per heavy atom. The lowest BCUT2D eigenvalue weighted by molar-refractivity contribution is -0.380. The van der Waals surface area contributed by atoms with Crippen molar-refractivity contribution in [1.29, 1.82) is 0 Å². The van der Waals surface area contributed by atoms with Crippen LogP contribution < -0.4 is 9.64 Å². The molecule has 0 aliphatic heterocycles. The molecule has 0 N–H and O–H groups in total. The summed E-state index contributed by atoms with van der Waals surface area (Å²) in [5, 5.41) is 12.7. The van der Waals surface area contributed by atoms with Crippen LogP contribution in [-0.2, 0) is 16.1 Å². The number of para-hydroxylation sites is 2. The van der Waals surface area contributed by atoms with Crippen molar-refractivity contribution >= 4 is 50.4 Å². The van der Waals surface area contributed by atoms with Gasteiger partial charge in [-0.05, 0) is 18.2 Å². The highest BCUT2D eigenvalue weighted by Gasteiger charge is 2.22. The van der Waals surface area contributed by atoms with E-state index in [1.54, 1.807) is 29.6 Å². The van der Waals surface area contributed by atoms with Crippen molar-refractivity contribution in [2.75, 3.05) is 12.0 Å². The Bertz CT molecular complexity index is 1060. The molecule has 3 rings (SSSR count). The number of hydrogen-bond donors (Lipinski definition) is 0. The van der Waals surface area contributed by atoms with Crippen molar-refractivity contribution < 1.29 is 24.0 Å². The van der Waals surface area contributed by atoms with Gasteiger partial charge in [0.05, 0.1) is 23.4 Å². The van der Waals surface area contributed by atoms with Crippen LogP contribution in [0, 0.1) is 10.1 Å². The first-order valence-electron chi connectivity index (χ1n) is 8.20. The lowest BCUT2D eigenvalue weighted by Gasteiger charge is -2.20. The topological polar surface area (TPSA) is 112 Å². The third kappa shape index (κ3) is 4.58. The number of benzene rings is 1. The zero-order valence-corrected chi connectivity index (χ0v) is 17.0. The van der Waals surface area contributed by atoms with E-state index in [-0.39, 0.29) is 22.4 Å². The van der Waals surface area contributed by atoms with Crippen LogP contribution in [0.5, 0.6) is 5.75 Å². The van der Waals surface area contributed by atoms with Crippen molar-refractivity contribution in [2.24, 2.45) is 0 Å². The fourth-order valence-electron chi connectivity index (χ4n) is 2.43. The molecule has 0 bridgehead atoms. The molecule has 2 heterocycles. The Morgan fingerprint density at radius 1 is 1.24 bits per heavy atom. The number of hydrogen-bond acceptors (Lipinski definition) is 9. The molecule has 0 saturated carbocycles. The van der Waals surface area contributed by atoms with E-state index in [9.17, 15) is 19.7 Å². The predicted molar refractivity (Wildman–Crippen MR) is 108 cm³/mol. The van der Waals surface area contributed by atoms with E-state index in [4.69, 9.17) is 9.47 Å². The van der Waals surface area contributed by atoms with Crippen LogP contribution >= 0.6 is 22.7 Å². The lowest BCUT2D eigenvalue weighted by Crippen LogP contribution is -2.23. The van der Waals surface area contributed by atoms with E-state index in [1.165, 1.54) is 42.4 Å². The van der Waals surface area contributed by atoms with Crippen molar-refractivity contribution in [3.63, 3.8) is 0 Å². The van der Waals surface area contributed by atoms with Gasteiger partial charge in [0.25, 0.3) is 0 Å². The molecule has 1 aromatic carbocycles. The lowest BCUT2D eigenvalue weighted by atomic mass is 10.2. The molecule has 0 aliphatic rings. The van der Waals surface area contributed by atoms with Gasteiger partial charge in [0.15, 0.2) is 5.13 Å². The Kier molecular flexibility index (Phi) is 6.20. The van der Waals surface area contributed by atoms with Gasteiger partial charge in [0.2, 0.25) is 5.91 Å². The van der Waals surface area contributed by atoms with Gasteiger partial charge in [-0.15, -0.1) is 11.3 Å². The van der Waals surface area contributed by atoms with Crippen molar-refractivity contribution in [2.45, 2.75) is 13.5 Å². The number of methoxy groups -OCH3 is 1. The molecule has 9 nitrogen and oxygen atoms in total. The standard InChI is InChI=1S/C18H15N3O6S2/c1-11(22)20(13-5-3-4-6-14(13)26-2)18-19-12(10-28-18)9-27-17(23)15-7-8-16(29-15)21(24)25/h3-8,10H,9H2,1-2H3. The van der Waals surface area contributed by atoms with Gasteiger partial charge in [-0.25, -0.2) is 9.78 Å². The SMILES string of the molecule is COc1ccccc1N(C(C)=O)c1nc(COC(=O)c2ccc([N+](=O)[O-])s2)cs1. The highest BCUT2D eigenvalue weighted by molar-refractivity contribution is 7.17. The van der Waals surface area contributed by atoms with Crippen LogP contribution in [0.3, 0.4) is 0 Å². The first-order chi connectivity index (χ1) is 13.9. The van der Waals surface area contributed by atoms with Crippen LogP contribution in [-0.4, -0.2) is 28.9 Å². The normalized spacial score (nSPS) is 10.4. The molecule has 2 aromatic heterocycles. The molecule has 11 heteroatoms. The summed E-state index contributed by atoms with van der Waals surface area (Å²) >= 11 is 1.96. The van der Waals surface area contributed by atoms with Gasteiger partial charge in [-0.3, -0.25) is 19.8 Å². The average molecular weight is 433 g/mol. The second kappa shape index (κ2) is 8.80. The fourth-order valence-corrected chi connectivity index (χ4v) is 4.01. The van der Waals surface area contributed by atoms with Crippen LogP contribution in [0.15, 0.2) is 41.8 Å². The zero-order chi connectivity index (χ0) is 21.0.